The highest BCUT2D eigenvalue weighted by Crippen LogP contribution is 2.43. The molecule has 3 rings (SSSR count). The fourth-order valence-corrected chi connectivity index (χ4v) is 4.33. The summed E-state index contributed by atoms with van der Waals surface area (Å²) in [5.41, 5.74) is 1.86. The molecule has 0 aliphatic heterocycles. The van der Waals surface area contributed by atoms with Gasteiger partial charge in [0.1, 0.15) is 0 Å². The van der Waals surface area contributed by atoms with Gasteiger partial charge < -0.3 is 0 Å². The third-order valence-corrected chi connectivity index (χ3v) is 6.52. The monoisotopic (exact) mass is 394 g/mol. The third-order valence-electron chi connectivity index (χ3n) is 4.78. The molecule has 0 radical (unpaired) electrons. The van der Waals surface area contributed by atoms with E-state index in [2.05, 4.69) is 6.92 Å². The first-order valence-corrected chi connectivity index (χ1v) is 10.8. The van der Waals surface area contributed by atoms with E-state index in [4.69, 9.17) is 9.11 Å². The number of benzene rings is 2. The maximum absolute atomic E-state index is 11.1. The summed E-state index contributed by atoms with van der Waals surface area (Å²) >= 11 is 0. The topological polar surface area (TPSA) is 109 Å². The van der Waals surface area contributed by atoms with Crippen LogP contribution < -0.4 is 0 Å². The van der Waals surface area contributed by atoms with Gasteiger partial charge in [-0.1, -0.05) is 43.3 Å². The fourth-order valence-electron chi connectivity index (χ4n) is 3.37. The van der Waals surface area contributed by atoms with E-state index in [9.17, 15) is 16.8 Å². The Morgan fingerprint density at radius 1 is 0.654 bits per heavy atom. The van der Waals surface area contributed by atoms with Gasteiger partial charge in [-0.2, -0.15) is 16.8 Å². The number of rotatable bonds is 4. The van der Waals surface area contributed by atoms with Gasteiger partial charge in [-0.15, -0.1) is 0 Å². The molecule has 2 N–H and O–H groups in total. The Hall–Kier alpha value is -2.00. The van der Waals surface area contributed by atoms with Crippen LogP contribution in [0.15, 0.2) is 70.5 Å². The SMILES string of the molecule is CC1C(c2ccc(S(=O)(=O)O)cc2)C=CC1c1ccc(S(=O)(=O)O)cc1. The van der Waals surface area contributed by atoms with Crippen molar-refractivity contribution in [3.05, 3.63) is 71.8 Å². The predicted molar refractivity (Wildman–Crippen MR) is 96.3 cm³/mol. The second kappa shape index (κ2) is 6.62. The zero-order valence-corrected chi connectivity index (χ0v) is 15.5. The first-order valence-electron chi connectivity index (χ1n) is 7.90. The van der Waals surface area contributed by atoms with Crippen LogP contribution in [0.3, 0.4) is 0 Å². The van der Waals surface area contributed by atoms with E-state index in [1.165, 1.54) is 24.3 Å². The molecular formula is C18H18O6S2. The summed E-state index contributed by atoms with van der Waals surface area (Å²) in [6, 6.07) is 12.2. The highest BCUT2D eigenvalue weighted by Gasteiger charge is 2.30. The molecule has 2 atom stereocenters. The number of allylic oxidation sites excluding steroid dienone is 2. The van der Waals surface area contributed by atoms with Crippen molar-refractivity contribution in [1.29, 1.82) is 0 Å². The Morgan fingerprint density at radius 2 is 0.962 bits per heavy atom. The lowest BCUT2D eigenvalue weighted by Crippen LogP contribution is -2.10. The van der Waals surface area contributed by atoms with Gasteiger partial charge in [0, 0.05) is 11.8 Å². The van der Waals surface area contributed by atoms with Crippen LogP contribution in [0.2, 0.25) is 0 Å². The highest BCUT2D eigenvalue weighted by atomic mass is 32.2. The largest absolute Gasteiger partial charge is 0.294 e. The minimum atomic E-state index is -4.21. The molecule has 0 fully saturated rings. The van der Waals surface area contributed by atoms with E-state index in [0.717, 1.165) is 11.1 Å². The zero-order valence-electron chi connectivity index (χ0n) is 13.8. The van der Waals surface area contributed by atoms with Gasteiger partial charge in [0.15, 0.2) is 0 Å². The molecule has 1 aliphatic rings. The van der Waals surface area contributed by atoms with Crippen LogP contribution in [-0.4, -0.2) is 25.9 Å². The Kier molecular flexibility index (Phi) is 4.78. The lowest BCUT2D eigenvalue weighted by Gasteiger charge is -2.22. The summed E-state index contributed by atoms with van der Waals surface area (Å²) in [5.74, 6) is 0.302. The first kappa shape index (κ1) is 18.8. The smallest absolute Gasteiger partial charge is 0.282 e. The van der Waals surface area contributed by atoms with Gasteiger partial charge in [-0.05, 0) is 41.3 Å². The van der Waals surface area contributed by atoms with Crippen molar-refractivity contribution in [2.45, 2.75) is 28.6 Å². The normalized spacial score (nSPS) is 23.3. The molecule has 0 amide bonds. The molecule has 6 nitrogen and oxygen atoms in total. The maximum atomic E-state index is 11.1. The van der Waals surface area contributed by atoms with E-state index in [1.54, 1.807) is 24.3 Å². The van der Waals surface area contributed by atoms with Crippen molar-refractivity contribution in [3.8, 4) is 0 Å². The number of hydrogen-bond acceptors (Lipinski definition) is 4. The van der Waals surface area contributed by atoms with Crippen molar-refractivity contribution in [1.82, 2.24) is 0 Å². The second-order valence-corrected chi connectivity index (χ2v) is 9.23. The van der Waals surface area contributed by atoms with E-state index in [1.807, 2.05) is 12.2 Å². The molecule has 2 aromatic carbocycles. The molecule has 0 saturated carbocycles. The van der Waals surface area contributed by atoms with Gasteiger partial charge in [-0.25, -0.2) is 0 Å². The van der Waals surface area contributed by atoms with Gasteiger partial charge in [0.25, 0.3) is 20.2 Å². The van der Waals surface area contributed by atoms with Crippen LogP contribution in [0, 0.1) is 5.92 Å². The molecule has 2 aromatic rings. The third kappa shape index (κ3) is 3.73. The Morgan fingerprint density at radius 3 is 1.23 bits per heavy atom. The van der Waals surface area contributed by atoms with Crippen LogP contribution >= 0.6 is 0 Å². The predicted octanol–water partition coefficient (Wildman–Crippen LogP) is 3.25. The second-order valence-electron chi connectivity index (χ2n) is 6.38. The maximum Gasteiger partial charge on any atom is 0.294 e. The van der Waals surface area contributed by atoms with Crippen molar-refractivity contribution < 1.29 is 25.9 Å². The molecular weight excluding hydrogens is 376 g/mol. The van der Waals surface area contributed by atoms with Crippen molar-refractivity contribution in [2.75, 3.05) is 0 Å². The van der Waals surface area contributed by atoms with E-state index >= 15 is 0 Å². The first-order chi connectivity index (χ1) is 12.1. The molecule has 2 unspecified atom stereocenters. The molecule has 0 aromatic heterocycles. The molecule has 1 aliphatic carbocycles. The van der Waals surface area contributed by atoms with Crippen LogP contribution in [0.25, 0.3) is 0 Å². The summed E-state index contributed by atoms with van der Waals surface area (Å²) < 4.78 is 62.7. The van der Waals surface area contributed by atoms with Crippen LogP contribution in [0.4, 0.5) is 0 Å². The molecule has 8 heteroatoms. The summed E-state index contributed by atoms with van der Waals surface area (Å²) in [5, 5.41) is 0. The zero-order chi connectivity index (χ0) is 19.1. The summed E-state index contributed by atoms with van der Waals surface area (Å²) in [7, 11) is -8.43. The lowest BCUT2D eigenvalue weighted by molar-refractivity contribution is 0.481. The minimum Gasteiger partial charge on any atom is -0.282 e. The minimum absolute atomic E-state index is 0.0664. The van der Waals surface area contributed by atoms with E-state index in [-0.39, 0.29) is 27.5 Å². The highest BCUT2D eigenvalue weighted by molar-refractivity contribution is 7.86. The quantitative estimate of drug-likeness (QED) is 0.609. The van der Waals surface area contributed by atoms with Gasteiger partial charge in [0.05, 0.1) is 9.79 Å². The van der Waals surface area contributed by atoms with Gasteiger partial charge >= 0.3 is 0 Å². The average molecular weight is 394 g/mol. The molecule has 0 spiro atoms. The molecule has 0 heterocycles. The summed E-state index contributed by atoms with van der Waals surface area (Å²) in [6.45, 7) is 2.06. The average Bonchev–Trinajstić information content (AvgIpc) is 2.95. The lowest BCUT2D eigenvalue weighted by atomic mass is 9.82. The Labute approximate surface area is 152 Å². The Bertz CT molecular complexity index is 950. The fraction of sp³-hybridized carbons (Fsp3) is 0.222. The van der Waals surface area contributed by atoms with Crippen LogP contribution in [0.1, 0.15) is 29.9 Å². The van der Waals surface area contributed by atoms with E-state index < -0.39 is 20.2 Å². The molecule has 0 saturated heterocycles. The summed E-state index contributed by atoms with van der Waals surface area (Å²) in [6.07, 6.45) is 4.07. The van der Waals surface area contributed by atoms with Crippen molar-refractivity contribution in [3.63, 3.8) is 0 Å². The van der Waals surface area contributed by atoms with Crippen molar-refractivity contribution >= 4 is 20.2 Å². The van der Waals surface area contributed by atoms with Gasteiger partial charge in [0.2, 0.25) is 0 Å². The molecule has 0 bridgehead atoms. The standard InChI is InChI=1S/C18H18O6S2/c1-12-17(13-2-6-15(7-3-13)25(19,20)21)10-11-18(12)14-4-8-16(9-5-14)26(22,23)24/h2-12,17-18H,1H3,(H,19,20,21)(H,22,23,24). The van der Waals surface area contributed by atoms with Crippen molar-refractivity contribution in [2.24, 2.45) is 5.92 Å². The van der Waals surface area contributed by atoms with E-state index in [0.29, 0.717) is 0 Å². The van der Waals surface area contributed by atoms with Crippen LogP contribution in [-0.2, 0) is 20.2 Å². The Balaban J connectivity index is 1.82. The summed E-state index contributed by atoms with van der Waals surface area (Å²) in [4.78, 5) is -0.290. The number of hydrogen-bond donors (Lipinski definition) is 2. The molecule has 26 heavy (non-hydrogen) atoms. The molecule has 138 valence electrons. The van der Waals surface area contributed by atoms with Gasteiger partial charge in [-0.3, -0.25) is 9.11 Å². The van der Waals surface area contributed by atoms with Crippen LogP contribution in [0.5, 0.6) is 0 Å².